The average Bonchev–Trinajstić information content (AvgIpc) is 2.79. The first-order valence-electron chi connectivity index (χ1n) is 11.7. The van der Waals surface area contributed by atoms with Crippen molar-refractivity contribution < 1.29 is 44.1 Å². The molecule has 0 fully saturated rings. The predicted molar refractivity (Wildman–Crippen MR) is 129 cm³/mol. The molecule has 16 heteroatoms. The molecular weight excluding hydrogens is 494 g/mol. The number of hydrogen-bond acceptors (Lipinski definition) is 10. The molecule has 0 rings (SSSR count). The molecule has 0 saturated carbocycles. The first-order valence-corrected chi connectivity index (χ1v) is 11.7. The van der Waals surface area contributed by atoms with E-state index in [-0.39, 0.29) is 6.42 Å². The second-order valence-electron chi connectivity index (χ2n) is 8.64. The van der Waals surface area contributed by atoms with Crippen LogP contribution in [0.4, 0.5) is 0 Å². The molecule has 0 aliphatic heterocycles. The van der Waals surface area contributed by atoms with Gasteiger partial charge in [-0.1, -0.05) is 0 Å². The van der Waals surface area contributed by atoms with Crippen LogP contribution in [0.25, 0.3) is 0 Å². The van der Waals surface area contributed by atoms with Gasteiger partial charge in [-0.05, 0) is 46.6 Å². The lowest BCUT2D eigenvalue weighted by molar-refractivity contribution is -0.142. The summed E-state index contributed by atoms with van der Waals surface area (Å²) in [6.45, 7) is 4.02. The normalized spacial score (nSPS) is 16.6. The molecule has 0 heterocycles. The lowest BCUT2D eigenvalue weighted by Gasteiger charge is -2.26. The molecule has 0 saturated heterocycles. The number of carbonyl (C=O) groups is 6. The van der Waals surface area contributed by atoms with E-state index in [1.807, 2.05) is 0 Å². The van der Waals surface area contributed by atoms with Crippen molar-refractivity contribution in [2.45, 2.75) is 88.9 Å². The molecule has 7 unspecified atom stereocenters. The minimum Gasteiger partial charge on any atom is -0.480 e. The maximum absolute atomic E-state index is 12.7. The van der Waals surface area contributed by atoms with E-state index in [2.05, 4.69) is 21.3 Å². The fourth-order valence-electron chi connectivity index (χ4n) is 2.97. The van der Waals surface area contributed by atoms with Crippen LogP contribution >= 0.6 is 0 Å². The van der Waals surface area contributed by atoms with Crippen molar-refractivity contribution in [2.75, 3.05) is 6.54 Å². The van der Waals surface area contributed by atoms with Crippen molar-refractivity contribution in [1.29, 1.82) is 0 Å². The number of nitrogens with two attached hydrogens (primary N) is 3. The molecule has 0 radical (unpaired) electrons. The quantitative estimate of drug-likeness (QED) is 0.0790. The van der Waals surface area contributed by atoms with Crippen molar-refractivity contribution in [2.24, 2.45) is 17.2 Å². The van der Waals surface area contributed by atoms with Gasteiger partial charge in [-0.3, -0.25) is 24.0 Å². The van der Waals surface area contributed by atoms with Crippen LogP contribution in [-0.2, 0) is 28.8 Å². The van der Waals surface area contributed by atoms with Gasteiger partial charge in [0, 0.05) is 0 Å². The van der Waals surface area contributed by atoms with Crippen LogP contribution in [-0.4, -0.2) is 99.8 Å². The molecule has 0 spiro atoms. The van der Waals surface area contributed by atoms with Crippen LogP contribution in [0.2, 0.25) is 0 Å². The monoisotopic (exact) mass is 533 g/mol. The van der Waals surface area contributed by atoms with Crippen LogP contribution in [0.15, 0.2) is 0 Å². The minimum absolute atomic E-state index is 0.116. The third kappa shape index (κ3) is 12.4. The van der Waals surface area contributed by atoms with Crippen LogP contribution in [0.3, 0.4) is 0 Å². The van der Waals surface area contributed by atoms with Gasteiger partial charge < -0.3 is 53.8 Å². The molecule has 37 heavy (non-hydrogen) atoms. The number of primary amides is 1. The number of amides is 5. The number of hydrogen-bond donors (Lipinski definition) is 10. The average molecular weight is 534 g/mol. The SMILES string of the molecule is CC(NC(=O)C(CC(N)=O)NC(=O)C(NC(=O)C(N)C(C)O)C(C)O)C(=O)NC(CCCCN)C(=O)O. The summed E-state index contributed by atoms with van der Waals surface area (Å²) in [4.78, 5) is 72.8. The number of aliphatic carboxylic acids is 1. The maximum atomic E-state index is 12.7. The summed E-state index contributed by atoms with van der Waals surface area (Å²) < 4.78 is 0. The zero-order valence-corrected chi connectivity index (χ0v) is 21.1. The Hall–Kier alpha value is -3.34. The summed E-state index contributed by atoms with van der Waals surface area (Å²) in [5, 5.41) is 37.5. The molecule has 0 aliphatic rings. The number of carboxylic acids is 1. The van der Waals surface area contributed by atoms with Gasteiger partial charge >= 0.3 is 5.97 Å². The molecule has 0 aromatic heterocycles. The fraction of sp³-hybridized carbons (Fsp3) is 0.714. The highest BCUT2D eigenvalue weighted by Crippen LogP contribution is 2.03. The smallest absolute Gasteiger partial charge is 0.326 e. The fourth-order valence-corrected chi connectivity index (χ4v) is 2.97. The number of nitrogens with one attached hydrogen (secondary N) is 4. The standard InChI is InChI=1S/C21H39N7O9/c1-9(17(32)26-12(21(36)37)6-4-5-7-22)25-18(33)13(8-14(23)31)27-20(35)16(11(3)30)28-19(34)15(24)10(2)29/h9-13,15-16,29-30H,4-8,22,24H2,1-3H3,(H2,23,31)(H,25,33)(H,26,32)(H,27,35)(H,28,34)(H,36,37). The number of aliphatic hydroxyl groups excluding tert-OH is 2. The van der Waals surface area contributed by atoms with E-state index in [0.717, 1.165) is 0 Å². The van der Waals surface area contributed by atoms with Gasteiger partial charge in [0.15, 0.2) is 0 Å². The van der Waals surface area contributed by atoms with Gasteiger partial charge in [-0.15, -0.1) is 0 Å². The zero-order chi connectivity index (χ0) is 28.9. The number of carbonyl (C=O) groups excluding carboxylic acids is 5. The molecule has 0 aromatic rings. The molecule has 0 bridgehead atoms. The highest BCUT2D eigenvalue weighted by Gasteiger charge is 2.33. The highest BCUT2D eigenvalue weighted by molar-refractivity contribution is 5.97. The van der Waals surface area contributed by atoms with E-state index in [1.54, 1.807) is 0 Å². The second kappa shape index (κ2) is 16.4. The lowest BCUT2D eigenvalue weighted by Crippen LogP contribution is -2.61. The molecule has 0 aliphatic carbocycles. The Labute approximate surface area is 214 Å². The van der Waals surface area contributed by atoms with Crippen molar-refractivity contribution in [3.8, 4) is 0 Å². The Kier molecular flexibility index (Phi) is 14.9. The number of carboxylic acid groups (broad SMARTS) is 1. The Morgan fingerprint density at radius 1 is 0.757 bits per heavy atom. The molecule has 212 valence electrons. The Morgan fingerprint density at radius 2 is 1.32 bits per heavy atom. The predicted octanol–water partition coefficient (Wildman–Crippen LogP) is -4.88. The van der Waals surface area contributed by atoms with E-state index >= 15 is 0 Å². The van der Waals surface area contributed by atoms with E-state index in [4.69, 9.17) is 17.2 Å². The Bertz CT molecular complexity index is 822. The largest absolute Gasteiger partial charge is 0.480 e. The molecular formula is C21H39N7O9. The number of unbranched alkanes of at least 4 members (excludes halogenated alkanes) is 1. The molecule has 16 nitrogen and oxygen atoms in total. The Balaban J connectivity index is 5.40. The van der Waals surface area contributed by atoms with Gasteiger partial charge in [0.1, 0.15) is 30.2 Å². The lowest BCUT2D eigenvalue weighted by atomic mass is 10.1. The van der Waals surface area contributed by atoms with Crippen LogP contribution < -0.4 is 38.5 Å². The van der Waals surface area contributed by atoms with Crippen molar-refractivity contribution in [3.05, 3.63) is 0 Å². The van der Waals surface area contributed by atoms with Crippen molar-refractivity contribution in [1.82, 2.24) is 21.3 Å². The summed E-state index contributed by atoms with van der Waals surface area (Å²) in [5.41, 5.74) is 16.1. The number of rotatable bonds is 17. The number of aliphatic hydroxyl groups is 2. The minimum atomic E-state index is -1.62. The molecule has 0 aromatic carbocycles. The zero-order valence-electron chi connectivity index (χ0n) is 21.1. The van der Waals surface area contributed by atoms with Crippen molar-refractivity contribution in [3.63, 3.8) is 0 Å². The van der Waals surface area contributed by atoms with Crippen molar-refractivity contribution >= 4 is 35.5 Å². The van der Waals surface area contributed by atoms with E-state index in [1.165, 1.54) is 20.8 Å². The molecule has 7 atom stereocenters. The van der Waals surface area contributed by atoms with Gasteiger partial charge in [-0.25, -0.2) is 4.79 Å². The highest BCUT2D eigenvalue weighted by atomic mass is 16.4. The third-order valence-corrected chi connectivity index (χ3v) is 5.24. The summed E-state index contributed by atoms with van der Waals surface area (Å²) in [6, 6.07) is -7.13. The second-order valence-corrected chi connectivity index (χ2v) is 8.64. The van der Waals surface area contributed by atoms with E-state index < -0.39 is 84.3 Å². The van der Waals surface area contributed by atoms with Crippen LogP contribution in [0, 0.1) is 0 Å². The summed E-state index contributed by atoms with van der Waals surface area (Å²) in [7, 11) is 0. The summed E-state index contributed by atoms with van der Waals surface area (Å²) in [5.74, 6) is -6.15. The first kappa shape index (κ1) is 33.7. The van der Waals surface area contributed by atoms with Gasteiger partial charge in [-0.2, -0.15) is 0 Å². The first-order chi connectivity index (χ1) is 17.1. The van der Waals surface area contributed by atoms with Gasteiger partial charge in [0.2, 0.25) is 29.5 Å². The third-order valence-electron chi connectivity index (χ3n) is 5.24. The Morgan fingerprint density at radius 3 is 1.78 bits per heavy atom. The summed E-state index contributed by atoms with van der Waals surface area (Å²) in [6.07, 6.45) is -2.32. The van der Waals surface area contributed by atoms with Crippen LogP contribution in [0.1, 0.15) is 46.5 Å². The van der Waals surface area contributed by atoms with Crippen LogP contribution in [0.5, 0.6) is 0 Å². The topological polar surface area (TPSA) is 289 Å². The van der Waals surface area contributed by atoms with E-state index in [0.29, 0.717) is 19.4 Å². The molecule has 13 N–H and O–H groups in total. The van der Waals surface area contributed by atoms with Gasteiger partial charge in [0.25, 0.3) is 0 Å². The van der Waals surface area contributed by atoms with E-state index in [9.17, 15) is 44.1 Å². The van der Waals surface area contributed by atoms with Gasteiger partial charge in [0.05, 0.1) is 18.6 Å². The molecule has 5 amide bonds. The summed E-state index contributed by atoms with van der Waals surface area (Å²) >= 11 is 0. The maximum Gasteiger partial charge on any atom is 0.326 e.